The van der Waals surface area contributed by atoms with E-state index in [4.69, 9.17) is 9.15 Å². The third kappa shape index (κ3) is 3.12. The van der Waals surface area contributed by atoms with Crippen molar-refractivity contribution in [1.82, 2.24) is 9.88 Å². The molecule has 4 rings (SSSR count). The van der Waals surface area contributed by atoms with Crippen molar-refractivity contribution in [3.8, 4) is 11.5 Å². The Morgan fingerprint density at radius 2 is 2.11 bits per heavy atom. The van der Waals surface area contributed by atoms with Crippen LogP contribution in [-0.2, 0) is 20.7 Å². The number of carboxylic acids is 1. The lowest BCUT2D eigenvalue weighted by atomic mass is 9.74. The van der Waals surface area contributed by atoms with E-state index in [0.717, 1.165) is 5.56 Å². The lowest BCUT2D eigenvalue weighted by Crippen LogP contribution is -2.45. The number of carbonyl (C=O) groups is 2. The van der Waals surface area contributed by atoms with Gasteiger partial charge in [0.2, 0.25) is 11.8 Å². The van der Waals surface area contributed by atoms with Crippen molar-refractivity contribution in [3.63, 3.8) is 0 Å². The Kier molecular flexibility index (Phi) is 4.47. The van der Waals surface area contributed by atoms with Crippen LogP contribution in [0.15, 0.2) is 34.7 Å². The highest BCUT2D eigenvalue weighted by Crippen LogP contribution is 2.42. The summed E-state index contributed by atoms with van der Waals surface area (Å²) in [6.45, 7) is 3.24. The first-order chi connectivity index (χ1) is 13.0. The van der Waals surface area contributed by atoms with Gasteiger partial charge in [0.05, 0.1) is 24.1 Å². The summed E-state index contributed by atoms with van der Waals surface area (Å²) in [5, 5.41) is 9.74. The van der Waals surface area contributed by atoms with Crippen molar-refractivity contribution < 1.29 is 23.8 Å². The molecule has 7 nitrogen and oxygen atoms in total. The Hall–Kier alpha value is -2.67. The van der Waals surface area contributed by atoms with Gasteiger partial charge >= 0.3 is 5.97 Å². The number of nitrogens with zero attached hydrogens (tertiary/aromatic N) is 2. The second-order valence-electron chi connectivity index (χ2n) is 7.32. The molecule has 2 aliphatic rings. The quantitative estimate of drug-likeness (QED) is 0.886. The van der Waals surface area contributed by atoms with E-state index in [-0.39, 0.29) is 24.8 Å². The van der Waals surface area contributed by atoms with Crippen molar-refractivity contribution in [2.45, 2.75) is 19.8 Å². The first-order valence-electron chi connectivity index (χ1n) is 9.10. The molecule has 2 aromatic rings. The molecule has 1 aromatic carbocycles. The van der Waals surface area contributed by atoms with Crippen LogP contribution in [0, 0.1) is 18.3 Å². The fourth-order valence-electron chi connectivity index (χ4n) is 4.04. The Morgan fingerprint density at radius 1 is 1.33 bits per heavy atom. The summed E-state index contributed by atoms with van der Waals surface area (Å²) in [7, 11) is 0. The van der Waals surface area contributed by atoms with Gasteiger partial charge in [-0.2, -0.15) is 0 Å². The number of hydrogen-bond acceptors (Lipinski definition) is 5. The van der Waals surface area contributed by atoms with E-state index in [1.54, 1.807) is 11.8 Å². The molecule has 142 valence electrons. The number of aryl methyl sites for hydroxylation is 1. The van der Waals surface area contributed by atoms with Crippen LogP contribution >= 0.6 is 0 Å². The Morgan fingerprint density at radius 3 is 2.81 bits per heavy atom. The van der Waals surface area contributed by atoms with Crippen molar-refractivity contribution in [2.75, 3.05) is 26.3 Å². The van der Waals surface area contributed by atoms with Crippen molar-refractivity contribution >= 4 is 11.9 Å². The van der Waals surface area contributed by atoms with Gasteiger partial charge in [0.1, 0.15) is 5.76 Å². The van der Waals surface area contributed by atoms with E-state index in [1.165, 1.54) is 0 Å². The first kappa shape index (κ1) is 17.7. The van der Waals surface area contributed by atoms with Crippen LogP contribution in [-0.4, -0.2) is 53.2 Å². The van der Waals surface area contributed by atoms with Crippen LogP contribution < -0.4 is 0 Å². The maximum atomic E-state index is 12.8. The summed E-state index contributed by atoms with van der Waals surface area (Å²) < 4.78 is 11.2. The van der Waals surface area contributed by atoms with E-state index in [2.05, 4.69) is 4.98 Å². The SMILES string of the molecule is Cc1oc(-c2ccccc2)nc1CC(=O)N1C[C@H]2COCC[C@@]2(C(=O)O)C1. The standard InChI is InChI=1S/C20H22N2O5/c1-13-16(21-18(27-13)14-5-3-2-4-6-14)9-17(23)22-10-15-11-26-8-7-20(15,12-22)19(24)25/h2-6,15H,7-12H2,1H3,(H,24,25)/t15-,20+/m0/s1. The monoisotopic (exact) mass is 370 g/mol. The highest BCUT2D eigenvalue weighted by molar-refractivity contribution is 5.82. The average Bonchev–Trinajstić information content (AvgIpc) is 3.24. The second kappa shape index (κ2) is 6.81. The Labute approximate surface area is 156 Å². The number of likely N-dealkylation sites (tertiary alicyclic amines) is 1. The zero-order valence-electron chi connectivity index (χ0n) is 15.2. The molecule has 0 unspecified atom stereocenters. The largest absolute Gasteiger partial charge is 0.481 e. The van der Waals surface area contributed by atoms with Gasteiger partial charge in [0.25, 0.3) is 0 Å². The Balaban J connectivity index is 1.50. The topological polar surface area (TPSA) is 92.9 Å². The number of rotatable bonds is 4. The molecule has 3 heterocycles. The molecule has 0 saturated carbocycles. The van der Waals surface area contributed by atoms with Crippen molar-refractivity contribution in [3.05, 3.63) is 41.8 Å². The lowest BCUT2D eigenvalue weighted by molar-refractivity contribution is -0.157. The molecule has 2 aliphatic heterocycles. The summed E-state index contributed by atoms with van der Waals surface area (Å²) in [4.78, 5) is 30.8. The molecule has 1 aromatic heterocycles. The zero-order chi connectivity index (χ0) is 19.0. The van der Waals surface area contributed by atoms with Gasteiger partial charge in [-0.05, 0) is 25.5 Å². The molecule has 2 atom stereocenters. The molecule has 0 radical (unpaired) electrons. The number of aliphatic carboxylic acids is 1. The predicted molar refractivity (Wildman–Crippen MR) is 96.0 cm³/mol. The molecule has 0 spiro atoms. The van der Waals surface area contributed by atoms with Gasteiger partial charge in [-0.15, -0.1) is 0 Å². The number of carboxylic acid groups (broad SMARTS) is 1. The average molecular weight is 370 g/mol. The molecular weight excluding hydrogens is 348 g/mol. The van der Waals surface area contributed by atoms with Crippen LogP contribution in [0.1, 0.15) is 17.9 Å². The number of aromatic nitrogens is 1. The Bertz CT molecular complexity index is 863. The predicted octanol–water partition coefficient (Wildman–Crippen LogP) is 2.14. The van der Waals surface area contributed by atoms with Gasteiger partial charge in [0.15, 0.2) is 0 Å². The fourth-order valence-corrected chi connectivity index (χ4v) is 4.04. The number of amides is 1. The summed E-state index contributed by atoms with van der Waals surface area (Å²) in [6, 6.07) is 9.52. The zero-order valence-corrected chi connectivity index (χ0v) is 15.2. The number of ether oxygens (including phenoxy) is 1. The third-order valence-electron chi connectivity index (χ3n) is 5.72. The van der Waals surface area contributed by atoms with E-state index in [9.17, 15) is 14.7 Å². The fraction of sp³-hybridized carbons (Fsp3) is 0.450. The van der Waals surface area contributed by atoms with Crippen molar-refractivity contribution in [1.29, 1.82) is 0 Å². The van der Waals surface area contributed by atoms with Crippen LogP contribution in [0.4, 0.5) is 0 Å². The van der Waals surface area contributed by atoms with Crippen LogP contribution in [0.25, 0.3) is 11.5 Å². The maximum Gasteiger partial charge on any atom is 0.311 e. The van der Waals surface area contributed by atoms with E-state index in [1.807, 2.05) is 30.3 Å². The molecular formula is C20H22N2O5. The lowest BCUT2D eigenvalue weighted by Gasteiger charge is -2.33. The minimum Gasteiger partial charge on any atom is -0.481 e. The van der Waals surface area contributed by atoms with E-state index < -0.39 is 11.4 Å². The molecule has 7 heteroatoms. The molecule has 27 heavy (non-hydrogen) atoms. The number of oxazole rings is 1. The molecule has 1 N–H and O–H groups in total. The second-order valence-corrected chi connectivity index (χ2v) is 7.32. The summed E-state index contributed by atoms with van der Waals surface area (Å²) in [5.74, 6) is -0.0291. The minimum atomic E-state index is -0.887. The molecule has 0 aliphatic carbocycles. The number of benzene rings is 1. The highest BCUT2D eigenvalue weighted by atomic mass is 16.5. The van der Waals surface area contributed by atoms with E-state index >= 15 is 0 Å². The van der Waals surface area contributed by atoms with Crippen molar-refractivity contribution in [2.24, 2.45) is 11.3 Å². The van der Waals surface area contributed by atoms with Gasteiger partial charge in [0, 0.05) is 31.2 Å². The molecule has 2 saturated heterocycles. The summed E-state index contributed by atoms with van der Waals surface area (Å²) in [5.41, 5.74) is 0.560. The summed E-state index contributed by atoms with van der Waals surface area (Å²) in [6.07, 6.45) is 0.545. The minimum absolute atomic E-state index is 0.103. The normalized spacial score (nSPS) is 24.6. The van der Waals surface area contributed by atoms with Crippen LogP contribution in [0.5, 0.6) is 0 Å². The van der Waals surface area contributed by atoms with Gasteiger partial charge in [-0.1, -0.05) is 18.2 Å². The van der Waals surface area contributed by atoms with Gasteiger partial charge in [-0.25, -0.2) is 4.98 Å². The van der Waals surface area contributed by atoms with Crippen LogP contribution in [0.2, 0.25) is 0 Å². The van der Waals surface area contributed by atoms with E-state index in [0.29, 0.717) is 43.5 Å². The number of carbonyl (C=O) groups excluding carboxylic acids is 1. The van der Waals surface area contributed by atoms with Gasteiger partial charge in [-0.3, -0.25) is 9.59 Å². The summed E-state index contributed by atoms with van der Waals surface area (Å²) >= 11 is 0. The molecule has 2 fully saturated rings. The first-order valence-corrected chi connectivity index (χ1v) is 9.10. The number of hydrogen-bond donors (Lipinski definition) is 1. The third-order valence-corrected chi connectivity index (χ3v) is 5.72. The maximum absolute atomic E-state index is 12.8. The molecule has 1 amide bonds. The van der Waals surface area contributed by atoms with Gasteiger partial charge < -0.3 is 19.2 Å². The smallest absolute Gasteiger partial charge is 0.311 e. The number of fused-ring (bicyclic) bond motifs is 1. The highest BCUT2D eigenvalue weighted by Gasteiger charge is 2.54. The van der Waals surface area contributed by atoms with Crippen LogP contribution in [0.3, 0.4) is 0 Å². The molecule has 0 bridgehead atoms.